The van der Waals surface area contributed by atoms with Gasteiger partial charge in [-0.3, -0.25) is 10.2 Å². The molecule has 0 saturated heterocycles. The lowest BCUT2D eigenvalue weighted by molar-refractivity contribution is -0.123. The first-order valence-electron chi connectivity index (χ1n) is 4.86. The monoisotopic (exact) mass is 208 g/mol. The van der Waals surface area contributed by atoms with Crippen molar-refractivity contribution >= 4 is 5.91 Å². The molecular formula is C11H16N2O2. The van der Waals surface area contributed by atoms with E-state index in [4.69, 9.17) is 10.6 Å². The zero-order chi connectivity index (χ0) is 11.3. The Morgan fingerprint density at radius 2 is 2.13 bits per heavy atom. The number of amides is 1. The van der Waals surface area contributed by atoms with E-state index >= 15 is 0 Å². The number of benzene rings is 1. The van der Waals surface area contributed by atoms with E-state index in [0.29, 0.717) is 5.92 Å². The minimum Gasteiger partial charge on any atom is -0.483 e. The van der Waals surface area contributed by atoms with Crippen LogP contribution in [-0.4, -0.2) is 12.5 Å². The summed E-state index contributed by atoms with van der Waals surface area (Å²) in [5.41, 5.74) is 3.11. The third-order valence-corrected chi connectivity index (χ3v) is 2.06. The molecule has 0 bridgehead atoms. The molecule has 15 heavy (non-hydrogen) atoms. The van der Waals surface area contributed by atoms with Gasteiger partial charge >= 0.3 is 0 Å². The van der Waals surface area contributed by atoms with Crippen LogP contribution in [0.15, 0.2) is 24.3 Å². The summed E-state index contributed by atoms with van der Waals surface area (Å²) in [6, 6.07) is 7.66. The van der Waals surface area contributed by atoms with Gasteiger partial charge in [0.25, 0.3) is 5.91 Å². The van der Waals surface area contributed by atoms with Crippen molar-refractivity contribution < 1.29 is 9.53 Å². The predicted molar refractivity (Wildman–Crippen MR) is 58.4 cm³/mol. The lowest BCUT2D eigenvalue weighted by Gasteiger charge is -2.12. The molecule has 0 aliphatic carbocycles. The minimum atomic E-state index is -0.339. The van der Waals surface area contributed by atoms with Crippen molar-refractivity contribution in [2.75, 3.05) is 6.61 Å². The second-order valence-electron chi connectivity index (χ2n) is 3.55. The van der Waals surface area contributed by atoms with Gasteiger partial charge in [0.1, 0.15) is 5.75 Å². The molecule has 1 aromatic carbocycles. The van der Waals surface area contributed by atoms with Gasteiger partial charge in [-0.2, -0.15) is 0 Å². The summed E-state index contributed by atoms with van der Waals surface area (Å²) >= 11 is 0. The Labute approximate surface area is 89.4 Å². The van der Waals surface area contributed by atoms with Crippen molar-refractivity contribution in [3.05, 3.63) is 29.8 Å². The van der Waals surface area contributed by atoms with E-state index in [1.54, 1.807) is 0 Å². The first kappa shape index (κ1) is 11.5. The van der Waals surface area contributed by atoms with Crippen LogP contribution >= 0.6 is 0 Å². The van der Waals surface area contributed by atoms with E-state index in [-0.39, 0.29) is 12.5 Å². The highest BCUT2D eigenvalue weighted by Crippen LogP contribution is 2.25. The smallest absolute Gasteiger partial charge is 0.271 e. The predicted octanol–water partition coefficient (Wildman–Crippen LogP) is 1.18. The molecule has 1 amide bonds. The fraction of sp³-hybridized carbons (Fsp3) is 0.364. The van der Waals surface area contributed by atoms with Gasteiger partial charge in [-0.25, -0.2) is 5.84 Å². The Kier molecular flexibility index (Phi) is 4.12. The Balaban J connectivity index is 2.71. The molecule has 82 valence electrons. The van der Waals surface area contributed by atoms with Gasteiger partial charge in [-0.15, -0.1) is 0 Å². The number of nitrogens with two attached hydrogens (primary N) is 1. The maximum Gasteiger partial charge on any atom is 0.271 e. The van der Waals surface area contributed by atoms with Crippen LogP contribution in [-0.2, 0) is 4.79 Å². The van der Waals surface area contributed by atoms with Crippen molar-refractivity contribution in [1.29, 1.82) is 0 Å². The van der Waals surface area contributed by atoms with Crippen LogP contribution in [0.5, 0.6) is 5.75 Å². The van der Waals surface area contributed by atoms with Crippen LogP contribution < -0.4 is 16.0 Å². The van der Waals surface area contributed by atoms with Crippen LogP contribution in [0.2, 0.25) is 0 Å². The molecule has 0 radical (unpaired) electrons. The van der Waals surface area contributed by atoms with Crippen LogP contribution in [0.4, 0.5) is 0 Å². The Bertz CT molecular complexity index is 337. The standard InChI is InChI=1S/C11H16N2O2/c1-8(2)9-5-3-4-6-10(9)15-7-11(14)13-12/h3-6,8H,7,12H2,1-2H3,(H,13,14). The van der Waals surface area contributed by atoms with Crippen LogP contribution in [0, 0.1) is 0 Å². The number of para-hydroxylation sites is 1. The van der Waals surface area contributed by atoms with E-state index in [1.807, 2.05) is 29.7 Å². The van der Waals surface area contributed by atoms with Gasteiger partial charge in [0.2, 0.25) is 0 Å². The number of rotatable bonds is 4. The van der Waals surface area contributed by atoms with Crippen molar-refractivity contribution in [3.8, 4) is 5.75 Å². The maximum atomic E-state index is 10.9. The van der Waals surface area contributed by atoms with E-state index in [2.05, 4.69) is 13.8 Å². The topological polar surface area (TPSA) is 64.3 Å². The Morgan fingerprint density at radius 3 is 2.73 bits per heavy atom. The second-order valence-corrected chi connectivity index (χ2v) is 3.55. The molecule has 0 aliphatic rings. The quantitative estimate of drug-likeness (QED) is 0.443. The average molecular weight is 208 g/mol. The van der Waals surface area contributed by atoms with Crippen molar-refractivity contribution in [1.82, 2.24) is 5.43 Å². The molecular weight excluding hydrogens is 192 g/mol. The van der Waals surface area contributed by atoms with Crippen molar-refractivity contribution in [2.24, 2.45) is 5.84 Å². The van der Waals surface area contributed by atoms with Crippen molar-refractivity contribution in [3.63, 3.8) is 0 Å². The molecule has 1 rings (SSSR count). The number of nitrogens with one attached hydrogen (secondary N) is 1. The van der Waals surface area contributed by atoms with Crippen LogP contribution in [0.25, 0.3) is 0 Å². The van der Waals surface area contributed by atoms with Crippen LogP contribution in [0.3, 0.4) is 0 Å². The normalized spacial score (nSPS) is 10.1. The molecule has 0 fully saturated rings. The average Bonchev–Trinajstić information content (AvgIpc) is 2.26. The van der Waals surface area contributed by atoms with Crippen LogP contribution in [0.1, 0.15) is 25.3 Å². The molecule has 1 aromatic rings. The number of hydrogen-bond acceptors (Lipinski definition) is 3. The first-order valence-corrected chi connectivity index (χ1v) is 4.86. The van der Waals surface area contributed by atoms with Gasteiger partial charge in [0.05, 0.1) is 0 Å². The summed E-state index contributed by atoms with van der Waals surface area (Å²) in [5.74, 6) is 5.71. The molecule has 0 saturated carbocycles. The number of hydrogen-bond donors (Lipinski definition) is 2. The second kappa shape index (κ2) is 5.36. The van der Waals surface area contributed by atoms with Crippen molar-refractivity contribution in [2.45, 2.75) is 19.8 Å². The first-order chi connectivity index (χ1) is 7.15. The SMILES string of the molecule is CC(C)c1ccccc1OCC(=O)NN. The van der Waals surface area contributed by atoms with E-state index in [0.717, 1.165) is 11.3 Å². The van der Waals surface area contributed by atoms with Gasteiger partial charge < -0.3 is 4.74 Å². The lowest BCUT2D eigenvalue weighted by atomic mass is 10.0. The fourth-order valence-corrected chi connectivity index (χ4v) is 1.27. The molecule has 4 heteroatoms. The molecule has 3 N–H and O–H groups in total. The minimum absolute atomic E-state index is 0.0553. The summed E-state index contributed by atoms with van der Waals surface area (Å²) in [7, 11) is 0. The zero-order valence-corrected chi connectivity index (χ0v) is 8.99. The number of hydrazine groups is 1. The van der Waals surface area contributed by atoms with Gasteiger partial charge in [-0.05, 0) is 17.5 Å². The highest BCUT2D eigenvalue weighted by molar-refractivity contribution is 5.76. The summed E-state index contributed by atoms with van der Waals surface area (Å²) in [5, 5.41) is 0. The zero-order valence-electron chi connectivity index (χ0n) is 8.99. The summed E-state index contributed by atoms with van der Waals surface area (Å²) in [4.78, 5) is 10.9. The van der Waals surface area contributed by atoms with Gasteiger partial charge in [0, 0.05) is 0 Å². The van der Waals surface area contributed by atoms with E-state index in [1.165, 1.54) is 0 Å². The summed E-state index contributed by atoms with van der Waals surface area (Å²) in [6.45, 7) is 4.09. The third kappa shape index (κ3) is 3.25. The molecule has 0 aliphatic heterocycles. The molecule has 0 spiro atoms. The number of ether oxygens (including phenoxy) is 1. The number of carbonyl (C=O) groups excluding carboxylic acids is 1. The highest BCUT2D eigenvalue weighted by atomic mass is 16.5. The molecule has 0 aromatic heterocycles. The Morgan fingerprint density at radius 1 is 1.47 bits per heavy atom. The Hall–Kier alpha value is -1.55. The molecule has 0 atom stereocenters. The molecule has 4 nitrogen and oxygen atoms in total. The van der Waals surface area contributed by atoms with Gasteiger partial charge in [0.15, 0.2) is 6.61 Å². The van der Waals surface area contributed by atoms with E-state index < -0.39 is 0 Å². The summed E-state index contributed by atoms with van der Waals surface area (Å²) in [6.07, 6.45) is 0. The summed E-state index contributed by atoms with van der Waals surface area (Å²) < 4.78 is 5.36. The fourth-order valence-electron chi connectivity index (χ4n) is 1.27. The highest BCUT2D eigenvalue weighted by Gasteiger charge is 2.07. The van der Waals surface area contributed by atoms with Gasteiger partial charge in [-0.1, -0.05) is 32.0 Å². The lowest BCUT2D eigenvalue weighted by Crippen LogP contribution is -2.34. The third-order valence-electron chi connectivity index (χ3n) is 2.06. The molecule has 0 unspecified atom stereocenters. The molecule has 0 heterocycles. The maximum absolute atomic E-state index is 10.9. The van der Waals surface area contributed by atoms with E-state index in [9.17, 15) is 4.79 Å². The number of carbonyl (C=O) groups is 1. The largest absolute Gasteiger partial charge is 0.483 e.